The maximum Gasteiger partial charge on any atom is 0.254 e. The molecule has 6 heteroatoms. The number of carbonyl (C=O) groups is 2. The highest BCUT2D eigenvalue weighted by Gasteiger charge is 2.30. The molecule has 0 saturated carbocycles. The van der Waals surface area contributed by atoms with Crippen molar-refractivity contribution in [3.8, 4) is 0 Å². The first-order chi connectivity index (χ1) is 12.4. The monoisotopic (exact) mass is 369 g/mol. The Hall–Kier alpha value is -2.47. The summed E-state index contributed by atoms with van der Waals surface area (Å²) in [6, 6.07) is 7.19. The second-order valence-electron chi connectivity index (χ2n) is 6.52. The highest BCUT2D eigenvalue weighted by Crippen LogP contribution is 2.37. The van der Waals surface area contributed by atoms with Gasteiger partial charge in [-0.25, -0.2) is 4.98 Å². The van der Waals surface area contributed by atoms with Crippen LogP contribution >= 0.6 is 11.3 Å². The van der Waals surface area contributed by atoms with E-state index in [1.54, 1.807) is 42.6 Å². The number of likely N-dealkylation sites (N-methyl/N-ethyl adjacent to an activating group) is 1. The van der Waals surface area contributed by atoms with E-state index in [-0.39, 0.29) is 17.9 Å². The van der Waals surface area contributed by atoms with Gasteiger partial charge in [0.2, 0.25) is 5.91 Å². The summed E-state index contributed by atoms with van der Waals surface area (Å²) in [6.07, 6.45) is 4.28. The number of fused-ring (bicyclic) bond motifs is 1. The number of hydrogen-bond donors (Lipinski definition) is 0. The number of hydrogen-bond acceptors (Lipinski definition) is 4. The van der Waals surface area contributed by atoms with Crippen LogP contribution in [0.5, 0.6) is 0 Å². The number of rotatable bonds is 4. The molecule has 3 rings (SSSR count). The van der Waals surface area contributed by atoms with Gasteiger partial charge in [-0.15, -0.1) is 11.3 Å². The standard InChI is InChI=1S/C20H23N3O2S/c1-5-18(24)22(3)15-11-9-14(10-12-15)20(25)23(4)17-8-6-7-16-19(17)26-13(2)21-16/h5,9-12,17H,1,6-8H2,2-4H3. The Morgan fingerprint density at radius 1 is 1.27 bits per heavy atom. The fourth-order valence-corrected chi connectivity index (χ4v) is 4.48. The Morgan fingerprint density at radius 2 is 1.96 bits per heavy atom. The first kappa shape index (κ1) is 18.3. The maximum absolute atomic E-state index is 12.9. The molecule has 1 aliphatic rings. The van der Waals surface area contributed by atoms with E-state index >= 15 is 0 Å². The third-order valence-corrected chi connectivity index (χ3v) is 5.94. The van der Waals surface area contributed by atoms with Crippen LogP contribution in [0.15, 0.2) is 36.9 Å². The van der Waals surface area contributed by atoms with Crippen LogP contribution in [0.1, 0.15) is 44.8 Å². The van der Waals surface area contributed by atoms with Crippen molar-refractivity contribution in [3.63, 3.8) is 0 Å². The number of aryl methyl sites for hydroxylation is 2. The molecule has 0 saturated heterocycles. The van der Waals surface area contributed by atoms with Crippen LogP contribution in [0.2, 0.25) is 0 Å². The Morgan fingerprint density at radius 3 is 2.62 bits per heavy atom. The molecule has 2 aromatic rings. The van der Waals surface area contributed by atoms with Crippen LogP contribution in [0.3, 0.4) is 0 Å². The van der Waals surface area contributed by atoms with Crippen molar-refractivity contribution in [3.05, 3.63) is 58.1 Å². The van der Waals surface area contributed by atoms with Gasteiger partial charge in [0.15, 0.2) is 0 Å². The number of nitrogens with zero attached hydrogens (tertiary/aromatic N) is 3. The Balaban J connectivity index is 1.79. The van der Waals surface area contributed by atoms with Gasteiger partial charge in [-0.3, -0.25) is 9.59 Å². The van der Waals surface area contributed by atoms with Crippen molar-refractivity contribution >= 4 is 28.8 Å². The lowest BCUT2D eigenvalue weighted by Gasteiger charge is -2.31. The minimum atomic E-state index is -0.184. The van der Waals surface area contributed by atoms with E-state index in [1.807, 2.05) is 18.9 Å². The first-order valence-electron chi connectivity index (χ1n) is 8.66. The van der Waals surface area contributed by atoms with Gasteiger partial charge in [0, 0.05) is 25.3 Å². The van der Waals surface area contributed by atoms with E-state index in [2.05, 4.69) is 11.6 Å². The summed E-state index contributed by atoms with van der Waals surface area (Å²) in [5.74, 6) is -0.199. The number of carbonyl (C=O) groups excluding carboxylic acids is 2. The molecule has 1 aromatic carbocycles. The molecule has 26 heavy (non-hydrogen) atoms. The topological polar surface area (TPSA) is 53.5 Å². The molecule has 0 N–H and O–H groups in total. The normalized spacial score (nSPS) is 15.9. The predicted molar refractivity (Wildman–Crippen MR) is 105 cm³/mol. The average Bonchev–Trinajstić information content (AvgIpc) is 3.05. The van der Waals surface area contributed by atoms with Crippen LogP contribution in [-0.4, -0.2) is 35.8 Å². The summed E-state index contributed by atoms with van der Waals surface area (Å²) in [6.45, 7) is 5.51. The van der Waals surface area contributed by atoms with Crippen LogP contribution in [0.25, 0.3) is 0 Å². The zero-order valence-electron chi connectivity index (χ0n) is 15.4. The molecule has 0 bridgehead atoms. The van der Waals surface area contributed by atoms with Crippen LogP contribution < -0.4 is 4.90 Å². The third kappa shape index (κ3) is 3.42. The van der Waals surface area contributed by atoms with Crippen LogP contribution in [-0.2, 0) is 11.2 Å². The SMILES string of the molecule is C=CC(=O)N(C)c1ccc(C(=O)N(C)C2CCCc3nc(C)sc32)cc1. The lowest BCUT2D eigenvalue weighted by molar-refractivity contribution is -0.113. The van der Waals surface area contributed by atoms with Gasteiger partial charge in [-0.05, 0) is 56.5 Å². The molecule has 2 amide bonds. The van der Waals surface area contributed by atoms with E-state index in [9.17, 15) is 9.59 Å². The largest absolute Gasteiger partial charge is 0.334 e. The lowest BCUT2D eigenvalue weighted by atomic mass is 9.96. The molecule has 1 atom stereocenters. The van der Waals surface area contributed by atoms with Crippen LogP contribution in [0, 0.1) is 6.92 Å². The second-order valence-corrected chi connectivity index (χ2v) is 7.75. The molecule has 1 aromatic heterocycles. The van der Waals surface area contributed by atoms with Gasteiger partial charge in [0.25, 0.3) is 5.91 Å². The molecule has 0 fully saturated rings. The van der Waals surface area contributed by atoms with Gasteiger partial charge < -0.3 is 9.80 Å². The number of aromatic nitrogens is 1. The molecule has 0 aliphatic heterocycles. The smallest absolute Gasteiger partial charge is 0.254 e. The molecule has 0 radical (unpaired) electrons. The molecule has 0 spiro atoms. The van der Waals surface area contributed by atoms with Crippen molar-refractivity contribution in [1.82, 2.24) is 9.88 Å². The quantitative estimate of drug-likeness (QED) is 0.771. The van der Waals surface area contributed by atoms with Crippen molar-refractivity contribution in [1.29, 1.82) is 0 Å². The van der Waals surface area contributed by atoms with Crippen molar-refractivity contribution in [2.45, 2.75) is 32.2 Å². The van der Waals surface area contributed by atoms with E-state index in [1.165, 1.54) is 15.9 Å². The Labute approximate surface area is 158 Å². The molecular weight excluding hydrogens is 346 g/mol. The first-order valence-corrected chi connectivity index (χ1v) is 9.47. The zero-order chi connectivity index (χ0) is 18.8. The number of thiazole rings is 1. The molecule has 1 aliphatic carbocycles. The molecule has 1 unspecified atom stereocenters. The van der Waals surface area contributed by atoms with Gasteiger partial charge in [-0.1, -0.05) is 6.58 Å². The highest BCUT2D eigenvalue weighted by molar-refractivity contribution is 7.11. The summed E-state index contributed by atoms with van der Waals surface area (Å²) in [7, 11) is 3.54. The van der Waals surface area contributed by atoms with E-state index in [0.29, 0.717) is 5.56 Å². The van der Waals surface area contributed by atoms with Gasteiger partial charge >= 0.3 is 0 Å². The number of amides is 2. The minimum absolute atomic E-state index is 0.0156. The molecule has 5 nitrogen and oxygen atoms in total. The average molecular weight is 369 g/mol. The van der Waals surface area contributed by atoms with Gasteiger partial charge in [0.1, 0.15) is 0 Å². The maximum atomic E-state index is 12.9. The summed E-state index contributed by atoms with van der Waals surface area (Å²) < 4.78 is 0. The van der Waals surface area contributed by atoms with E-state index in [0.717, 1.165) is 35.7 Å². The number of benzene rings is 1. The van der Waals surface area contributed by atoms with Crippen molar-refractivity contribution < 1.29 is 9.59 Å². The third-order valence-electron chi connectivity index (χ3n) is 4.82. The highest BCUT2D eigenvalue weighted by atomic mass is 32.1. The Bertz CT molecular complexity index is 841. The van der Waals surface area contributed by atoms with E-state index in [4.69, 9.17) is 0 Å². The molecule has 1 heterocycles. The summed E-state index contributed by atoms with van der Waals surface area (Å²) >= 11 is 1.69. The van der Waals surface area contributed by atoms with Gasteiger partial charge in [-0.2, -0.15) is 0 Å². The summed E-state index contributed by atoms with van der Waals surface area (Å²) in [5, 5.41) is 1.06. The molecule has 136 valence electrons. The van der Waals surface area contributed by atoms with Crippen molar-refractivity contribution in [2.24, 2.45) is 0 Å². The van der Waals surface area contributed by atoms with Crippen molar-refractivity contribution in [2.75, 3.05) is 19.0 Å². The van der Waals surface area contributed by atoms with Gasteiger partial charge in [0.05, 0.1) is 21.6 Å². The predicted octanol–water partition coefficient (Wildman–Crippen LogP) is 3.75. The minimum Gasteiger partial charge on any atom is -0.334 e. The van der Waals surface area contributed by atoms with Crippen LogP contribution in [0.4, 0.5) is 5.69 Å². The zero-order valence-corrected chi connectivity index (χ0v) is 16.2. The summed E-state index contributed by atoms with van der Waals surface area (Å²) in [5.41, 5.74) is 2.49. The van der Waals surface area contributed by atoms with E-state index < -0.39 is 0 Å². The fraction of sp³-hybridized carbons (Fsp3) is 0.350. The fourth-order valence-electron chi connectivity index (χ4n) is 3.33. The summed E-state index contributed by atoms with van der Waals surface area (Å²) in [4.78, 5) is 33.8. The lowest BCUT2D eigenvalue weighted by Crippen LogP contribution is -2.32. The Kier molecular flexibility index (Phi) is 5.23. The number of anilines is 1. The molecular formula is C20H23N3O2S. The second kappa shape index (κ2) is 7.41.